The molecule has 0 rings (SSSR count). The molecule has 6 nitrogen and oxygen atoms in total. The van der Waals surface area contributed by atoms with Crippen molar-refractivity contribution in [1.82, 2.24) is 5.32 Å². The van der Waals surface area contributed by atoms with Gasteiger partial charge < -0.3 is 14.8 Å². The maximum Gasteiger partial charge on any atom is 0.344 e. The van der Waals surface area contributed by atoms with Gasteiger partial charge in [0.25, 0.3) is 0 Å². The molecule has 0 heterocycles. The first-order valence-electron chi connectivity index (χ1n) is 5.83. The lowest BCUT2D eigenvalue weighted by atomic mass is 9.95. The fourth-order valence-electron chi connectivity index (χ4n) is 1.43. The Hall–Kier alpha value is -1.56. The second kappa shape index (κ2) is 8.53. The van der Waals surface area contributed by atoms with E-state index in [1.54, 1.807) is 13.8 Å². The lowest BCUT2D eigenvalue weighted by Gasteiger charge is -2.28. The highest BCUT2D eigenvalue weighted by Gasteiger charge is 2.49. The highest BCUT2D eigenvalue weighted by Crippen LogP contribution is 2.17. The van der Waals surface area contributed by atoms with Crippen LogP contribution in [0.15, 0.2) is 11.6 Å². The van der Waals surface area contributed by atoms with Crippen molar-refractivity contribution in [2.75, 3.05) is 13.2 Å². The van der Waals surface area contributed by atoms with Crippen LogP contribution in [-0.4, -0.2) is 36.6 Å². The van der Waals surface area contributed by atoms with E-state index >= 15 is 0 Å². The molecule has 0 aliphatic rings. The predicted molar refractivity (Wildman–Crippen MR) is 69.4 cm³/mol. The minimum atomic E-state index is -1.90. The Morgan fingerprint density at radius 2 is 1.63 bits per heavy atom. The molecule has 0 aromatic rings. The Morgan fingerprint density at radius 1 is 1.16 bits per heavy atom. The lowest BCUT2D eigenvalue weighted by molar-refractivity contribution is -0.167. The van der Waals surface area contributed by atoms with E-state index in [-0.39, 0.29) is 19.6 Å². The minimum Gasteiger partial charge on any atom is -0.464 e. The van der Waals surface area contributed by atoms with Gasteiger partial charge in [0.15, 0.2) is 0 Å². The van der Waals surface area contributed by atoms with Crippen molar-refractivity contribution in [3.63, 3.8) is 0 Å². The number of hydrogen-bond donors (Lipinski definition) is 1. The molecule has 0 radical (unpaired) electrons. The average molecular weight is 292 g/mol. The fourth-order valence-corrected chi connectivity index (χ4v) is 1.52. The molecule has 19 heavy (non-hydrogen) atoms. The molecule has 1 N–H and O–H groups in total. The second-order valence-electron chi connectivity index (χ2n) is 3.59. The molecule has 7 heteroatoms. The second-order valence-corrected chi connectivity index (χ2v) is 3.85. The molecule has 0 aliphatic carbocycles. The van der Waals surface area contributed by atoms with Gasteiger partial charge in [0.1, 0.15) is 0 Å². The molecular weight excluding hydrogens is 274 g/mol. The van der Waals surface area contributed by atoms with Gasteiger partial charge in [0, 0.05) is 18.9 Å². The monoisotopic (exact) mass is 291 g/mol. The summed E-state index contributed by atoms with van der Waals surface area (Å²) in [6.45, 7) is 4.53. The largest absolute Gasteiger partial charge is 0.464 e. The quantitative estimate of drug-likeness (QED) is 0.562. The first-order chi connectivity index (χ1) is 8.94. The van der Waals surface area contributed by atoms with E-state index in [2.05, 4.69) is 5.32 Å². The average Bonchev–Trinajstić information content (AvgIpc) is 2.34. The lowest BCUT2D eigenvalue weighted by Crippen LogP contribution is -2.60. The molecule has 0 saturated heterocycles. The smallest absolute Gasteiger partial charge is 0.344 e. The number of carbonyl (C=O) groups is 3. The Kier molecular flexibility index (Phi) is 7.83. The van der Waals surface area contributed by atoms with E-state index in [9.17, 15) is 14.4 Å². The zero-order chi connectivity index (χ0) is 14.9. The van der Waals surface area contributed by atoms with Gasteiger partial charge >= 0.3 is 11.9 Å². The van der Waals surface area contributed by atoms with E-state index in [0.29, 0.717) is 0 Å². The van der Waals surface area contributed by atoms with Crippen molar-refractivity contribution in [2.24, 2.45) is 0 Å². The van der Waals surface area contributed by atoms with Crippen molar-refractivity contribution < 1.29 is 23.9 Å². The van der Waals surface area contributed by atoms with Gasteiger partial charge in [0.05, 0.1) is 13.2 Å². The van der Waals surface area contributed by atoms with Crippen LogP contribution in [-0.2, 0) is 23.9 Å². The van der Waals surface area contributed by atoms with E-state index in [4.69, 9.17) is 21.1 Å². The van der Waals surface area contributed by atoms with Crippen LogP contribution < -0.4 is 5.32 Å². The number of rotatable bonds is 7. The van der Waals surface area contributed by atoms with Gasteiger partial charge in [-0.25, -0.2) is 9.59 Å². The van der Waals surface area contributed by atoms with Crippen molar-refractivity contribution in [1.29, 1.82) is 0 Å². The number of halogens is 1. The van der Waals surface area contributed by atoms with Crippen LogP contribution in [0, 0.1) is 0 Å². The molecule has 0 aromatic carbocycles. The van der Waals surface area contributed by atoms with Crippen LogP contribution in [0.2, 0.25) is 0 Å². The zero-order valence-electron chi connectivity index (χ0n) is 11.2. The highest BCUT2D eigenvalue weighted by atomic mass is 35.5. The maximum atomic E-state index is 12.0. The van der Waals surface area contributed by atoms with E-state index in [0.717, 1.165) is 5.54 Å². The van der Waals surface area contributed by atoms with Crippen molar-refractivity contribution >= 4 is 29.4 Å². The third kappa shape index (κ3) is 4.90. The van der Waals surface area contributed by atoms with Crippen LogP contribution in [0.4, 0.5) is 0 Å². The third-order valence-corrected chi connectivity index (χ3v) is 2.33. The number of ether oxygens (including phenoxy) is 2. The Morgan fingerprint density at radius 3 is 1.95 bits per heavy atom. The maximum absolute atomic E-state index is 12.0. The molecule has 0 aliphatic heterocycles. The van der Waals surface area contributed by atoms with Gasteiger partial charge in [-0.1, -0.05) is 17.7 Å². The standard InChI is InChI=1S/C12H18ClNO5/c1-4-18-10(16)12(7-6-8-13,14-9(3)15)11(17)19-5-2/h6,8H,4-5,7H2,1-3H3,(H,14,15)/b8-6+. The topological polar surface area (TPSA) is 81.7 Å². The summed E-state index contributed by atoms with van der Waals surface area (Å²) in [5.74, 6) is -2.30. The van der Waals surface area contributed by atoms with Crippen molar-refractivity contribution in [3.8, 4) is 0 Å². The van der Waals surface area contributed by atoms with E-state index in [1.165, 1.54) is 13.0 Å². The Labute approximate surface area is 117 Å². The third-order valence-electron chi connectivity index (χ3n) is 2.15. The first kappa shape index (κ1) is 17.4. The SMILES string of the molecule is CCOC(=O)C(C/C=C/Cl)(NC(C)=O)C(=O)OCC. The number of amides is 1. The highest BCUT2D eigenvalue weighted by molar-refractivity contribution is 6.25. The Bertz CT molecular complexity index is 349. The molecular formula is C12H18ClNO5. The molecule has 0 bridgehead atoms. The first-order valence-corrected chi connectivity index (χ1v) is 6.26. The van der Waals surface area contributed by atoms with Crippen LogP contribution in [0.5, 0.6) is 0 Å². The van der Waals surface area contributed by atoms with Crippen LogP contribution in [0.1, 0.15) is 27.2 Å². The van der Waals surface area contributed by atoms with E-state index < -0.39 is 23.4 Å². The summed E-state index contributed by atoms with van der Waals surface area (Å²) in [5, 5.41) is 2.30. The number of nitrogens with one attached hydrogen (secondary N) is 1. The van der Waals surface area contributed by atoms with E-state index in [1.807, 2.05) is 0 Å². The molecule has 0 unspecified atom stereocenters. The van der Waals surface area contributed by atoms with Crippen LogP contribution >= 0.6 is 11.6 Å². The molecule has 0 atom stereocenters. The summed E-state index contributed by atoms with van der Waals surface area (Å²) in [6.07, 6.45) is 1.22. The zero-order valence-corrected chi connectivity index (χ0v) is 12.0. The number of hydrogen-bond acceptors (Lipinski definition) is 5. The normalized spacial score (nSPS) is 11.2. The van der Waals surface area contributed by atoms with Gasteiger partial charge in [0.2, 0.25) is 11.4 Å². The molecule has 0 fully saturated rings. The predicted octanol–water partition coefficient (Wildman–Crippen LogP) is 1.13. The van der Waals surface area contributed by atoms with Crippen molar-refractivity contribution in [2.45, 2.75) is 32.7 Å². The number of carbonyl (C=O) groups excluding carboxylic acids is 3. The number of esters is 2. The molecule has 0 saturated carbocycles. The van der Waals surface area contributed by atoms with Gasteiger partial charge in [-0.05, 0) is 13.8 Å². The van der Waals surface area contributed by atoms with Crippen LogP contribution in [0.25, 0.3) is 0 Å². The Balaban J connectivity index is 5.47. The molecule has 1 amide bonds. The summed E-state index contributed by atoms with van der Waals surface area (Å²) in [5.41, 5.74) is -0.752. The van der Waals surface area contributed by atoms with Gasteiger partial charge in [-0.3, -0.25) is 4.79 Å². The summed E-state index contributed by atoms with van der Waals surface area (Å²) < 4.78 is 9.68. The molecule has 0 aromatic heterocycles. The van der Waals surface area contributed by atoms with Gasteiger partial charge in [-0.15, -0.1) is 0 Å². The van der Waals surface area contributed by atoms with Crippen molar-refractivity contribution in [3.05, 3.63) is 11.6 Å². The minimum absolute atomic E-state index is 0.0736. The van der Waals surface area contributed by atoms with Gasteiger partial charge in [-0.2, -0.15) is 0 Å². The molecule has 108 valence electrons. The molecule has 0 spiro atoms. The fraction of sp³-hybridized carbons (Fsp3) is 0.583. The summed E-state index contributed by atoms with van der Waals surface area (Å²) in [7, 11) is 0. The summed E-state index contributed by atoms with van der Waals surface area (Å²) in [4.78, 5) is 35.3. The summed E-state index contributed by atoms with van der Waals surface area (Å²) in [6, 6.07) is 0. The summed E-state index contributed by atoms with van der Waals surface area (Å²) >= 11 is 5.41. The van der Waals surface area contributed by atoms with Crippen LogP contribution in [0.3, 0.4) is 0 Å².